The lowest BCUT2D eigenvalue weighted by atomic mass is 10.3. The summed E-state index contributed by atoms with van der Waals surface area (Å²) in [4.78, 5) is 12.4. The van der Waals surface area contributed by atoms with Gasteiger partial charge in [0.25, 0.3) is 0 Å². The molecule has 7 heteroatoms. The van der Waals surface area contributed by atoms with Gasteiger partial charge in [0, 0.05) is 12.0 Å². The number of nitrogens with one attached hydrogen (secondary N) is 1. The average molecular weight is 254 g/mol. The molecule has 2 aromatic heterocycles. The highest BCUT2D eigenvalue weighted by molar-refractivity contribution is 6.30. The highest BCUT2D eigenvalue weighted by Gasteiger charge is 2.09. The fraction of sp³-hybridized carbons (Fsp3) is 0.400. The van der Waals surface area contributed by atoms with E-state index in [9.17, 15) is 0 Å². The molecule has 90 valence electrons. The Morgan fingerprint density at radius 3 is 2.82 bits per heavy atom. The van der Waals surface area contributed by atoms with E-state index in [2.05, 4.69) is 29.9 Å². The molecule has 2 rings (SSSR count). The molecule has 6 nitrogen and oxygen atoms in total. The third-order valence-electron chi connectivity index (χ3n) is 2.27. The van der Waals surface area contributed by atoms with E-state index in [1.165, 1.54) is 6.39 Å². The molecule has 2 aromatic rings. The van der Waals surface area contributed by atoms with Gasteiger partial charge in [-0.1, -0.05) is 23.7 Å². The van der Waals surface area contributed by atoms with Gasteiger partial charge < -0.3 is 9.84 Å². The molecule has 0 radical (unpaired) electrons. The first-order valence-corrected chi connectivity index (χ1v) is 5.60. The Bertz CT molecular complexity index is 500. The lowest BCUT2D eigenvalue weighted by Gasteiger charge is -2.09. The van der Waals surface area contributed by atoms with Crippen LogP contribution in [0.25, 0.3) is 0 Å². The largest absolute Gasteiger partial charge is 0.362 e. The molecule has 0 atom stereocenters. The van der Waals surface area contributed by atoms with E-state index in [1.54, 1.807) is 0 Å². The van der Waals surface area contributed by atoms with Crippen LogP contribution in [0.1, 0.15) is 24.1 Å². The summed E-state index contributed by atoms with van der Waals surface area (Å²) >= 11 is 6.02. The summed E-state index contributed by atoms with van der Waals surface area (Å²) in [6, 6.07) is 0. The first-order valence-electron chi connectivity index (χ1n) is 5.22. The van der Waals surface area contributed by atoms with Crippen LogP contribution in [0.2, 0.25) is 5.15 Å². The van der Waals surface area contributed by atoms with E-state index >= 15 is 0 Å². The summed E-state index contributed by atoms with van der Waals surface area (Å²) in [5.74, 6) is 1.97. The third-order valence-corrected chi connectivity index (χ3v) is 2.64. The van der Waals surface area contributed by atoms with Crippen LogP contribution in [0.5, 0.6) is 0 Å². The number of hydrogen-bond donors (Lipinski definition) is 1. The average Bonchev–Trinajstić information content (AvgIpc) is 2.84. The van der Waals surface area contributed by atoms with Crippen LogP contribution in [-0.4, -0.2) is 20.1 Å². The van der Waals surface area contributed by atoms with Gasteiger partial charge in [-0.3, -0.25) is 0 Å². The number of anilines is 1. The SMILES string of the molecule is CCc1nc(Cl)c(C)c(NCc2ncon2)n1. The molecule has 0 fully saturated rings. The monoisotopic (exact) mass is 253 g/mol. The van der Waals surface area contributed by atoms with E-state index < -0.39 is 0 Å². The number of nitrogens with zero attached hydrogens (tertiary/aromatic N) is 4. The van der Waals surface area contributed by atoms with Crippen LogP contribution < -0.4 is 5.32 Å². The topological polar surface area (TPSA) is 76.7 Å². The van der Waals surface area contributed by atoms with Gasteiger partial charge >= 0.3 is 0 Å². The Hall–Kier alpha value is -1.69. The summed E-state index contributed by atoms with van der Waals surface area (Å²) in [6.45, 7) is 4.28. The predicted octanol–water partition coefficient (Wildman–Crippen LogP) is 2.00. The van der Waals surface area contributed by atoms with Crippen molar-refractivity contribution >= 4 is 17.4 Å². The smallest absolute Gasteiger partial charge is 0.213 e. The van der Waals surface area contributed by atoms with Crippen molar-refractivity contribution in [2.45, 2.75) is 26.8 Å². The molecule has 0 aliphatic rings. The molecule has 2 heterocycles. The first-order chi connectivity index (χ1) is 8.20. The number of hydrogen-bond acceptors (Lipinski definition) is 6. The summed E-state index contributed by atoms with van der Waals surface area (Å²) < 4.78 is 4.64. The minimum atomic E-state index is 0.438. The van der Waals surface area contributed by atoms with Crippen LogP contribution in [0.4, 0.5) is 5.82 Å². The first kappa shape index (κ1) is 11.8. The molecule has 0 unspecified atom stereocenters. The van der Waals surface area contributed by atoms with Crippen molar-refractivity contribution in [3.63, 3.8) is 0 Å². The summed E-state index contributed by atoms with van der Waals surface area (Å²) in [5.41, 5.74) is 0.812. The highest BCUT2D eigenvalue weighted by atomic mass is 35.5. The fourth-order valence-corrected chi connectivity index (χ4v) is 1.48. The lowest BCUT2D eigenvalue weighted by molar-refractivity contribution is 0.411. The molecule has 0 amide bonds. The van der Waals surface area contributed by atoms with Gasteiger partial charge in [0.1, 0.15) is 16.8 Å². The van der Waals surface area contributed by atoms with E-state index in [4.69, 9.17) is 11.6 Å². The van der Waals surface area contributed by atoms with Crippen molar-refractivity contribution in [3.8, 4) is 0 Å². The Balaban J connectivity index is 2.17. The maximum atomic E-state index is 6.02. The fourth-order valence-electron chi connectivity index (χ4n) is 1.30. The zero-order valence-corrected chi connectivity index (χ0v) is 10.3. The van der Waals surface area contributed by atoms with Gasteiger partial charge in [-0.05, 0) is 6.92 Å². The molecule has 1 N–H and O–H groups in total. The molecule has 0 aliphatic carbocycles. The third kappa shape index (κ3) is 2.71. The van der Waals surface area contributed by atoms with Crippen molar-refractivity contribution in [1.82, 2.24) is 20.1 Å². The second-order valence-corrected chi connectivity index (χ2v) is 3.82. The van der Waals surface area contributed by atoms with Gasteiger partial charge in [-0.15, -0.1) is 0 Å². The Labute approximate surface area is 103 Å². The zero-order chi connectivity index (χ0) is 12.3. The highest BCUT2D eigenvalue weighted by Crippen LogP contribution is 2.20. The molecule has 0 bridgehead atoms. The molecule has 17 heavy (non-hydrogen) atoms. The van der Waals surface area contributed by atoms with E-state index in [1.807, 2.05) is 13.8 Å². The molecule has 0 spiro atoms. The van der Waals surface area contributed by atoms with Gasteiger partial charge in [-0.25, -0.2) is 9.97 Å². The van der Waals surface area contributed by atoms with Crippen molar-refractivity contribution in [2.24, 2.45) is 0 Å². The minimum Gasteiger partial charge on any atom is -0.362 e. The molecule has 0 aromatic carbocycles. The van der Waals surface area contributed by atoms with E-state index in [0.29, 0.717) is 29.2 Å². The Morgan fingerprint density at radius 1 is 1.35 bits per heavy atom. The molecule has 0 saturated carbocycles. The van der Waals surface area contributed by atoms with E-state index in [-0.39, 0.29) is 0 Å². The maximum Gasteiger partial charge on any atom is 0.213 e. The number of aryl methyl sites for hydroxylation is 1. The second-order valence-electron chi connectivity index (χ2n) is 3.46. The summed E-state index contributed by atoms with van der Waals surface area (Å²) in [5, 5.41) is 7.28. The Morgan fingerprint density at radius 2 is 2.18 bits per heavy atom. The van der Waals surface area contributed by atoms with Crippen LogP contribution in [-0.2, 0) is 13.0 Å². The van der Waals surface area contributed by atoms with Crippen molar-refractivity contribution < 1.29 is 4.52 Å². The maximum absolute atomic E-state index is 6.02. The van der Waals surface area contributed by atoms with Crippen LogP contribution in [0, 0.1) is 6.92 Å². The Kier molecular flexibility index (Phi) is 3.53. The van der Waals surface area contributed by atoms with Crippen molar-refractivity contribution in [3.05, 3.63) is 28.8 Å². The van der Waals surface area contributed by atoms with Gasteiger partial charge in [0.2, 0.25) is 6.39 Å². The predicted molar refractivity (Wildman–Crippen MR) is 62.8 cm³/mol. The van der Waals surface area contributed by atoms with Gasteiger partial charge in [0.05, 0.1) is 6.54 Å². The number of halogens is 1. The number of rotatable bonds is 4. The molecular formula is C10H12ClN5O. The van der Waals surface area contributed by atoms with Crippen LogP contribution in [0.3, 0.4) is 0 Å². The van der Waals surface area contributed by atoms with Gasteiger partial charge in [-0.2, -0.15) is 4.98 Å². The van der Waals surface area contributed by atoms with Crippen molar-refractivity contribution in [2.75, 3.05) is 5.32 Å². The zero-order valence-electron chi connectivity index (χ0n) is 9.57. The van der Waals surface area contributed by atoms with Crippen LogP contribution in [0.15, 0.2) is 10.9 Å². The second kappa shape index (κ2) is 5.09. The molecule has 0 aliphatic heterocycles. The number of aromatic nitrogens is 4. The normalized spacial score (nSPS) is 10.5. The van der Waals surface area contributed by atoms with E-state index in [0.717, 1.165) is 12.0 Å². The molecule has 0 saturated heterocycles. The summed E-state index contributed by atoms with van der Waals surface area (Å²) in [7, 11) is 0. The van der Waals surface area contributed by atoms with Crippen LogP contribution >= 0.6 is 11.6 Å². The molecular weight excluding hydrogens is 242 g/mol. The lowest BCUT2D eigenvalue weighted by Crippen LogP contribution is -2.07. The summed E-state index contributed by atoms with van der Waals surface area (Å²) in [6.07, 6.45) is 2.02. The quantitative estimate of drug-likeness (QED) is 0.840. The minimum absolute atomic E-state index is 0.438. The standard InChI is InChI=1S/C10H12ClN5O/c1-3-7-14-9(11)6(2)10(15-7)12-4-8-13-5-17-16-8/h5H,3-4H2,1-2H3,(H,12,14,15). The van der Waals surface area contributed by atoms with Crippen molar-refractivity contribution in [1.29, 1.82) is 0 Å². The van der Waals surface area contributed by atoms with Gasteiger partial charge in [0.15, 0.2) is 5.82 Å².